The maximum atomic E-state index is 13.4. The van der Waals surface area contributed by atoms with E-state index in [1.165, 1.54) is 0 Å². The minimum Gasteiger partial charge on any atom is -0.328 e. The molecular formula is C14H19F2N3O. The van der Waals surface area contributed by atoms with E-state index in [9.17, 15) is 13.6 Å². The topological polar surface area (TPSA) is 58.4 Å². The van der Waals surface area contributed by atoms with Crippen molar-refractivity contribution in [3.05, 3.63) is 29.8 Å². The molecule has 1 aromatic carbocycles. The second-order valence-corrected chi connectivity index (χ2v) is 5.32. The summed E-state index contributed by atoms with van der Waals surface area (Å²) in [5.74, 6) is -1.19. The zero-order valence-corrected chi connectivity index (χ0v) is 11.4. The molecule has 0 aromatic heterocycles. The fraction of sp³-hybridized carbons (Fsp3) is 0.500. The summed E-state index contributed by atoms with van der Waals surface area (Å²) < 4.78 is 26.4. The first-order chi connectivity index (χ1) is 9.45. The zero-order chi connectivity index (χ0) is 14.7. The number of anilines is 1. The molecule has 3 N–H and O–H groups in total. The molecule has 0 bridgehead atoms. The van der Waals surface area contributed by atoms with E-state index in [1.54, 1.807) is 0 Å². The summed E-state index contributed by atoms with van der Waals surface area (Å²) in [6, 6.07) is 3.08. The number of halogens is 2. The minimum atomic E-state index is -0.644. The smallest absolute Gasteiger partial charge is 0.238 e. The lowest BCUT2D eigenvalue weighted by Gasteiger charge is -2.17. The quantitative estimate of drug-likeness (QED) is 0.882. The van der Waals surface area contributed by atoms with Gasteiger partial charge in [-0.15, -0.1) is 0 Å². The Morgan fingerprint density at radius 1 is 1.55 bits per heavy atom. The lowest BCUT2D eigenvalue weighted by molar-refractivity contribution is -0.117. The number of nitrogens with two attached hydrogens (primary N) is 1. The number of hydrogen-bond donors (Lipinski definition) is 2. The fourth-order valence-corrected chi connectivity index (χ4v) is 2.42. The number of nitrogens with zero attached hydrogens (tertiary/aromatic N) is 1. The third-order valence-corrected chi connectivity index (χ3v) is 3.62. The molecule has 2 atom stereocenters. The molecule has 1 aliphatic rings. The largest absolute Gasteiger partial charge is 0.328 e. The van der Waals surface area contributed by atoms with Crippen molar-refractivity contribution < 1.29 is 13.6 Å². The predicted octanol–water partition coefficient (Wildman–Crippen LogP) is 1.57. The van der Waals surface area contributed by atoms with Crippen LogP contribution in [0, 0.1) is 17.6 Å². The molecule has 1 amide bonds. The van der Waals surface area contributed by atoms with Gasteiger partial charge in [-0.2, -0.15) is 0 Å². The van der Waals surface area contributed by atoms with E-state index >= 15 is 0 Å². The summed E-state index contributed by atoms with van der Waals surface area (Å²) in [6.45, 7) is 3.68. The first-order valence-corrected chi connectivity index (χ1v) is 6.68. The molecule has 2 unspecified atom stereocenters. The number of rotatable bonds is 4. The normalized spacial score (nSPS) is 20.9. The number of likely N-dealkylation sites (tertiary alicyclic amines) is 1. The Balaban J connectivity index is 1.88. The standard InChI is InChI=1S/C14H19F2N3O/c1-9(17)10-4-5-19(7-10)8-14(20)18-13-6-11(15)2-3-12(13)16/h2-3,6,9-10H,4-5,7-8,17H2,1H3,(H,18,20). The summed E-state index contributed by atoms with van der Waals surface area (Å²) in [6.07, 6.45) is 0.958. The second kappa shape index (κ2) is 6.28. The average Bonchev–Trinajstić information content (AvgIpc) is 2.82. The maximum absolute atomic E-state index is 13.4. The van der Waals surface area contributed by atoms with E-state index in [4.69, 9.17) is 5.73 Å². The summed E-state index contributed by atoms with van der Waals surface area (Å²) in [5, 5.41) is 2.40. The molecule has 1 fully saturated rings. The molecule has 0 aliphatic carbocycles. The Bertz CT molecular complexity index is 493. The van der Waals surface area contributed by atoms with E-state index in [2.05, 4.69) is 5.32 Å². The summed E-state index contributed by atoms with van der Waals surface area (Å²) in [4.78, 5) is 13.8. The molecule has 110 valence electrons. The van der Waals surface area contributed by atoms with Crippen LogP contribution in [-0.4, -0.2) is 36.5 Å². The Kier molecular flexibility index (Phi) is 4.67. The van der Waals surface area contributed by atoms with Gasteiger partial charge in [-0.1, -0.05) is 0 Å². The van der Waals surface area contributed by atoms with Gasteiger partial charge in [-0.05, 0) is 37.9 Å². The molecule has 0 spiro atoms. The van der Waals surface area contributed by atoms with Crippen molar-refractivity contribution in [2.24, 2.45) is 11.7 Å². The van der Waals surface area contributed by atoms with Crippen LogP contribution in [0.2, 0.25) is 0 Å². The van der Waals surface area contributed by atoms with Crippen molar-refractivity contribution in [1.82, 2.24) is 4.90 Å². The van der Waals surface area contributed by atoms with Gasteiger partial charge in [-0.3, -0.25) is 9.69 Å². The van der Waals surface area contributed by atoms with Gasteiger partial charge in [0.15, 0.2) is 0 Å². The Labute approximate surface area is 116 Å². The number of nitrogens with one attached hydrogen (secondary N) is 1. The molecule has 0 saturated carbocycles. The molecule has 2 rings (SSSR count). The first kappa shape index (κ1) is 14.9. The fourth-order valence-electron chi connectivity index (χ4n) is 2.42. The highest BCUT2D eigenvalue weighted by Crippen LogP contribution is 2.19. The molecule has 20 heavy (non-hydrogen) atoms. The van der Waals surface area contributed by atoms with Gasteiger partial charge >= 0.3 is 0 Å². The Morgan fingerprint density at radius 3 is 2.95 bits per heavy atom. The van der Waals surface area contributed by atoms with E-state index in [-0.39, 0.29) is 24.2 Å². The Hall–Kier alpha value is -1.53. The molecule has 4 nitrogen and oxygen atoms in total. The van der Waals surface area contributed by atoms with Gasteiger partial charge in [0, 0.05) is 18.7 Å². The Morgan fingerprint density at radius 2 is 2.30 bits per heavy atom. The number of hydrogen-bond acceptors (Lipinski definition) is 3. The van der Waals surface area contributed by atoms with Crippen LogP contribution in [0.1, 0.15) is 13.3 Å². The number of benzene rings is 1. The van der Waals surface area contributed by atoms with Crippen molar-refractivity contribution in [3.63, 3.8) is 0 Å². The minimum absolute atomic E-state index is 0.101. The molecular weight excluding hydrogens is 264 g/mol. The van der Waals surface area contributed by atoms with Crippen molar-refractivity contribution >= 4 is 11.6 Å². The number of carbonyl (C=O) groups is 1. The number of amides is 1. The van der Waals surface area contributed by atoms with Gasteiger partial charge < -0.3 is 11.1 Å². The highest BCUT2D eigenvalue weighted by atomic mass is 19.1. The van der Waals surface area contributed by atoms with Crippen molar-refractivity contribution in [3.8, 4) is 0 Å². The van der Waals surface area contributed by atoms with E-state index in [0.29, 0.717) is 5.92 Å². The van der Waals surface area contributed by atoms with Gasteiger partial charge in [0.25, 0.3) is 0 Å². The van der Waals surface area contributed by atoms with Gasteiger partial charge in [-0.25, -0.2) is 8.78 Å². The maximum Gasteiger partial charge on any atom is 0.238 e. The van der Waals surface area contributed by atoms with Gasteiger partial charge in [0.2, 0.25) is 5.91 Å². The van der Waals surface area contributed by atoms with Gasteiger partial charge in [0.1, 0.15) is 11.6 Å². The lowest BCUT2D eigenvalue weighted by atomic mass is 10.0. The van der Waals surface area contributed by atoms with Gasteiger partial charge in [0.05, 0.1) is 12.2 Å². The SMILES string of the molecule is CC(N)C1CCN(CC(=O)Nc2cc(F)ccc2F)C1. The van der Waals surface area contributed by atoms with Crippen LogP contribution >= 0.6 is 0 Å². The zero-order valence-electron chi connectivity index (χ0n) is 11.4. The van der Waals surface area contributed by atoms with Crippen molar-refractivity contribution in [1.29, 1.82) is 0 Å². The van der Waals surface area contributed by atoms with Crippen LogP contribution in [0.15, 0.2) is 18.2 Å². The number of carbonyl (C=O) groups excluding carboxylic acids is 1. The van der Waals surface area contributed by atoms with Crippen molar-refractivity contribution in [2.45, 2.75) is 19.4 Å². The first-order valence-electron chi connectivity index (χ1n) is 6.68. The molecule has 1 aromatic rings. The van der Waals surface area contributed by atoms with Crippen LogP contribution in [0.4, 0.5) is 14.5 Å². The molecule has 0 radical (unpaired) electrons. The summed E-state index contributed by atoms with van der Waals surface area (Å²) in [7, 11) is 0. The van der Waals surface area contributed by atoms with E-state index < -0.39 is 11.6 Å². The highest BCUT2D eigenvalue weighted by Gasteiger charge is 2.26. The second-order valence-electron chi connectivity index (χ2n) is 5.32. The molecule has 6 heteroatoms. The van der Waals surface area contributed by atoms with E-state index in [1.807, 2.05) is 11.8 Å². The van der Waals surface area contributed by atoms with Crippen LogP contribution in [-0.2, 0) is 4.79 Å². The lowest BCUT2D eigenvalue weighted by Crippen LogP contribution is -2.34. The van der Waals surface area contributed by atoms with Crippen LogP contribution < -0.4 is 11.1 Å². The summed E-state index contributed by atoms with van der Waals surface area (Å²) >= 11 is 0. The van der Waals surface area contributed by atoms with Crippen molar-refractivity contribution in [2.75, 3.05) is 25.0 Å². The van der Waals surface area contributed by atoms with Crippen LogP contribution in [0.3, 0.4) is 0 Å². The van der Waals surface area contributed by atoms with E-state index in [0.717, 1.165) is 37.7 Å². The third kappa shape index (κ3) is 3.74. The summed E-state index contributed by atoms with van der Waals surface area (Å²) in [5.41, 5.74) is 5.71. The average molecular weight is 283 g/mol. The molecule has 1 heterocycles. The van der Waals surface area contributed by atoms with Crippen LogP contribution in [0.5, 0.6) is 0 Å². The molecule has 1 saturated heterocycles. The highest BCUT2D eigenvalue weighted by molar-refractivity contribution is 5.92. The monoisotopic (exact) mass is 283 g/mol. The predicted molar refractivity (Wildman–Crippen MR) is 73.2 cm³/mol. The molecule has 1 aliphatic heterocycles. The van der Waals surface area contributed by atoms with Crippen LogP contribution in [0.25, 0.3) is 0 Å². The third-order valence-electron chi connectivity index (χ3n) is 3.62.